The van der Waals surface area contributed by atoms with Gasteiger partial charge in [-0.2, -0.15) is 0 Å². The van der Waals surface area contributed by atoms with Crippen LogP contribution in [0, 0.1) is 12.8 Å². The molecule has 1 aromatic heterocycles. The third-order valence-electron chi connectivity index (χ3n) is 3.11. The Hall–Kier alpha value is -0.450. The predicted octanol–water partition coefficient (Wildman–Crippen LogP) is 1.93. The maximum atomic E-state index is 4.45. The van der Waals surface area contributed by atoms with Gasteiger partial charge in [-0.05, 0) is 45.7 Å². The van der Waals surface area contributed by atoms with Crippen molar-refractivity contribution in [2.24, 2.45) is 5.92 Å². The van der Waals surface area contributed by atoms with Crippen molar-refractivity contribution in [2.45, 2.75) is 39.3 Å². The molecule has 2 atom stereocenters. The molecule has 1 aliphatic rings. The van der Waals surface area contributed by atoms with Gasteiger partial charge in [-0.15, -0.1) is 11.3 Å². The van der Waals surface area contributed by atoms with Gasteiger partial charge in [-0.25, -0.2) is 4.98 Å². The van der Waals surface area contributed by atoms with E-state index >= 15 is 0 Å². The highest BCUT2D eigenvalue weighted by Crippen LogP contribution is 2.15. The number of rotatable bonds is 4. The lowest BCUT2D eigenvalue weighted by atomic mass is 9.93. The summed E-state index contributed by atoms with van der Waals surface area (Å²) >= 11 is 1.75. The Morgan fingerprint density at radius 2 is 2.50 bits per heavy atom. The zero-order valence-corrected chi connectivity index (χ0v) is 10.9. The third-order valence-corrected chi connectivity index (χ3v) is 4.07. The lowest BCUT2D eigenvalue weighted by molar-refractivity contribution is 0.304. The summed E-state index contributed by atoms with van der Waals surface area (Å²) in [5.74, 6) is 0.831. The van der Waals surface area contributed by atoms with Crippen LogP contribution in [0.1, 0.15) is 30.5 Å². The highest BCUT2D eigenvalue weighted by molar-refractivity contribution is 7.09. The first-order valence-electron chi connectivity index (χ1n) is 6.09. The van der Waals surface area contributed by atoms with Crippen molar-refractivity contribution in [3.8, 4) is 0 Å². The van der Waals surface area contributed by atoms with Gasteiger partial charge in [0.25, 0.3) is 0 Å². The molecule has 0 bridgehead atoms. The Labute approximate surface area is 102 Å². The minimum atomic E-state index is 0.683. The van der Waals surface area contributed by atoms with Crippen LogP contribution in [0.25, 0.3) is 0 Å². The van der Waals surface area contributed by atoms with E-state index in [0.717, 1.165) is 24.7 Å². The Morgan fingerprint density at radius 3 is 3.19 bits per heavy atom. The summed E-state index contributed by atoms with van der Waals surface area (Å²) in [4.78, 5) is 4.45. The summed E-state index contributed by atoms with van der Waals surface area (Å²) in [6.07, 6.45) is 2.60. The average molecular weight is 239 g/mol. The van der Waals surface area contributed by atoms with Gasteiger partial charge in [0.05, 0.1) is 0 Å². The smallest absolute Gasteiger partial charge is 0.107 e. The van der Waals surface area contributed by atoms with Crippen molar-refractivity contribution in [1.82, 2.24) is 15.6 Å². The quantitative estimate of drug-likeness (QED) is 0.843. The molecule has 1 aromatic rings. The summed E-state index contributed by atoms with van der Waals surface area (Å²) in [5, 5.41) is 10.3. The fourth-order valence-electron chi connectivity index (χ4n) is 2.29. The molecule has 0 amide bonds. The Morgan fingerprint density at radius 1 is 1.62 bits per heavy atom. The van der Waals surface area contributed by atoms with E-state index in [1.165, 1.54) is 24.4 Å². The van der Waals surface area contributed by atoms with Crippen molar-refractivity contribution >= 4 is 11.3 Å². The first-order valence-corrected chi connectivity index (χ1v) is 6.97. The Balaban J connectivity index is 1.67. The van der Waals surface area contributed by atoms with Crippen LogP contribution in [0.4, 0.5) is 0 Å². The van der Waals surface area contributed by atoms with Crippen LogP contribution in [0.15, 0.2) is 5.38 Å². The van der Waals surface area contributed by atoms with Crippen LogP contribution in [0.2, 0.25) is 0 Å². The number of hydrogen-bond acceptors (Lipinski definition) is 4. The molecule has 1 saturated heterocycles. The predicted molar refractivity (Wildman–Crippen MR) is 68.7 cm³/mol. The average Bonchev–Trinajstić information content (AvgIpc) is 2.64. The fraction of sp³-hybridized carbons (Fsp3) is 0.750. The molecule has 1 aliphatic heterocycles. The molecule has 2 rings (SSSR count). The second-order valence-corrected chi connectivity index (χ2v) is 5.70. The zero-order chi connectivity index (χ0) is 11.4. The first kappa shape index (κ1) is 12.0. The van der Waals surface area contributed by atoms with Crippen LogP contribution in [-0.4, -0.2) is 24.1 Å². The molecular formula is C12H21N3S. The first-order chi connectivity index (χ1) is 7.74. The van der Waals surface area contributed by atoms with Crippen molar-refractivity contribution in [1.29, 1.82) is 0 Å². The number of thiazole rings is 1. The van der Waals surface area contributed by atoms with E-state index in [0.29, 0.717) is 6.04 Å². The van der Waals surface area contributed by atoms with E-state index in [4.69, 9.17) is 0 Å². The summed E-state index contributed by atoms with van der Waals surface area (Å²) in [7, 11) is 0. The molecule has 2 unspecified atom stereocenters. The minimum Gasteiger partial charge on any atom is -0.314 e. The molecule has 90 valence electrons. The summed E-state index contributed by atoms with van der Waals surface area (Å²) in [6, 6.07) is 0.683. The van der Waals surface area contributed by atoms with Gasteiger partial charge in [0.1, 0.15) is 5.01 Å². The van der Waals surface area contributed by atoms with Crippen molar-refractivity contribution in [3.05, 3.63) is 16.1 Å². The number of piperidine rings is 1. The molecule has 16 heavy (non-hydrogen) atoms. The van der Waals surface area contributed by atoms with E-state index in [1.807, 2.05) is 0 Å². The van der Waals surface area contributed by atoms with Crippen LogP contribution in [-0.2, 0) is 6.54 Å². The number of nitrogens with zero attached hydrogens (tertiary/aromatic N) is 1. The molecule has 0 spiro atoms. The Kier molecular flexibility index (Phi) is 4.32. The molecule has 0 aliphatic carbocycles. The number of aryl methyl sites for hydroxylation is 1. The van der Waals surface area contributed by atoms with E-state index in [-0.39, 0.29) is 0 Å². The lowest BCUT2D eigenvalue weighted by Crippen LogP contribution is -2.39. The van der Waals surface area contributed by atoms with E-state index in [2.05, 4.69) is 34.8 Å². The molecule has 0 saturated carbocycles. The molecule has 4 heteroatoms. The number of aromatic nitrogens is 1. The van der Waals surface area contributed by atoms with Gasteiger partial charge in [0.15, 0.2) is 0 Å². The van der Waals surface area contributed by atoms with Crippen molar-refractivity contribution < 1.29 is 0 Å². The van der Waals surface area contributed by atoms with Gasteiger partial charge in [0.2, 0.25) is 0 Å². The molecule has 3 nitrogen and oxygen atoms in total. The van der Waals surface area contributed by atoms with Crippen LogP contribution >= 0.6 is 11.3 Å². The highest BCUT2D eigenvalue weighted by Gasteiger charge is 2.17. The van der Waals surface area contributed by atoms with Crippen molar-refractivity contribution in [3.63, 3.8) is 0 Å². The second-order valence-electron chi connectivity index (χ2n) is 4.76. The van der Waals surface area contributed by atoms with E-state index in [9.17, 15) is 0 Å². The zero-order valence-electron chi connectivity index (χ0n) is 10.1. The lowest BCUT2D eigenvalue weighted by Gasteiger charge is -2.28. The summed E-state index contributed by atoms with van der Waals surface area (Å²) < 4.78 is 0. The standard InChI is InChI=1S/C12H21N3S/c1-9-5-11(3-4-14-9)6-13-7-12-15-10(2)8-16-12/h8-9,11,13-14H,3-7H2,1-2H3. The molecule has 2 heterocycles. The number of nitrogens with one attached hydrogen (secondary N) is 2. The third kappa shape index (κ3) is 3.54. The largest absolute Gasteiger partial charge is 0.314 e. The van der Waals surface area contributed by atoms with Gasteiger partial charge in [0, 0.05) is 23.7 Å². The molecule has 0 aromatic carbocycles. The van der Waals surface area contributed by atoms with Gasteiger partial charge in [-0.3, -0.25) is 0 Å². The van der Waals surface area contributed by atoms with E-state index in [1.54, 1.807) is 11.3 Å². The Bertz CT molecular complexity index is 324. The summed E-state index contributed by atoms with van der Waals surface area (Å²) in [6.45, 7) is 7.55. The monoisotopic (exact) mass is 239 g/mol. The van der Waals surface area contributed by atoms with Gasteiger partial charge in [-0.1, -0.05) is 0 Å². The SMILES string of the molecule is Cc1csc(CNCC2CCNC(C)C2)n1. The minimum absolute atomic E-state index is 0.683. The second kappa shape index (κ2) is 5.75. The molecule has 2 N–H and O–H groups in total. The summed E-state index contributed by atoms with van der Waals surface area (Å²) in [5.41, 5.74) is 1.14. The maximum absolute atomic E-state index is 4.45. The highest BCUT2D eigenvalue weighted by atomic mass is 32.1. The van der Waals surface area contributed by atoms with E-state index < -0.39 is 0 Å². The fourth-order valence-corrected chi connectivity index (χ4v) is 3.03. The van der Waals surface area contributed by atoms with Crippen LogP contribution in [0.5, 0.6) is 0 Å². The van der Waals surface area contributed by atoms with Crippen LogP contribution < -0.4 is 10.6 Å². The van der Waals surface area contributed by atoms with Crippen molar-refractivity contribution in [2.75, 3.05) is 13.1 Å². The molecular weight excluding hydrogens is 218 g/mol. The number of hydrogen-bond donors (Lipinski definition) is 2. The molecule has 0 radical (unpaired) electrons. The van der Waals surface area contributed by atoms with Crippen LogP contribution in [0.3, 0.4) is 0 Å². The normalized spacial score (nSPS) is 25.9. The molecule has 1 fully saturated rings. The topological polar surface area (TPSA) is 37.0 Å². The maximum Gasteiger partial charge on any atom is 0.107 e. The van der Waals surface area contributed by atoms with Gasteiger partial charge < -0.3 is 10.6 Å². The van der Waals surface area contributed by atoms with Gasteiger partial charge >= 0.3 is 0 Å².